The Kier molecular flexibility index (Phi) is 7.68. The van der Waals surface area contributed by atoms with E-state index in [2.05, 4.69) is 51.4 Å². The van der Waals surface area contributed by atoms with Crippen molar-refractivity contribution in [3.05, 3.63) is 102 Å². The van der Waals surface area contributed by atoms with E-state index in [1.54, 1.807) is 0 Å². The van der Waals surface area contributed by atoms with Crippen molar-refractivity contribution >= 4 is 11.6 Å². The molecule has 1 atom stereocenters. The van der Waals surface area contributed by atoms with Crippen LogP contribution in [0.3, 0.4) is 0 Å². The van der Waals surface area contributed by atoms with Crippen molar-refractivity contribution in [1.82, 2.24) is 4.57 Å². The summed E-state index contributed by atoms with van der Waals surface area (Å²) in [5.41, 5.74) is 6.16. The average molecular weight is 497 g/mol. The van der Waals surface area contributed by atoms with Gasteiger partial charge in [-0.1, -0.05) is 90.1 Å². The number of benzene rings is 3. The molecule has 0 aliphatic heterocycles. The SMILES string of the molecule is CC(C)c1c(C(=O)Nc2ccccc2)c(-c2ccccc2)c(-c2ccc(F)cc2)n1C[C@@H](C)C(C)(C)C. The van der Waals surface area contributed by atoms with Crippen LogP contribution in [0.2, 0.25) is 0 Å². The van der Waals surface area contributed by atoms with Gasteiger partial charge in [0.1, 0.15) is 5.82 Å². The van der Waals surface area contributed by atoms with Crippen molar-refractivity contribution < 1.29 is 9.18 Å². The largest absolute Gasteiger partial charge is 0.343 e. The second kappa shape index (κ2) is 10.8. The van der Waals surface area contributed by atoms with Crippen molar-refractivity contribution in [2.75, 3.05) is 5.32 Å². The first kappa shape index (κ1) is 26.4. The Morgan fingerprint density at radius 1 is 0.838 bits per heavy atom. The van der Waals surface area contributed by atoms with Gasteiger partial charge < -0.3 is 9.88 Å². The van der Waals surface area contributed by atoms with E-state index < -0.39 is 0 Å². The van der Waals surface area contributed by atoms with Gasteiger partial charge >= 0.3 is 0 Å². The summed E-state index contributed by atoms with van der Waals surface area (Å²) >= 11 is 0. The lowest BCUT2D eigenvalue weighted by Crippen LogP contribution is -2.24. The molecule has 1 aromatic heterocycles. The Labute approximate surface area is 220 Å². The standard InChI is InChI=1S/C33H37FN2O/c1-22(2)30-29(32(37)35-27-15-11-8-12-16-27)28(24-13-9-7-10-14-24)31(25-17-19-26(34)20-18-25)36(30)21-23(3)33(4,5)6/h7-20,22-23H,21H2,1-6H3,(H,35,37)/t23-/m1/s1. The molecule has 3 nitrogen and oxygen atoms in total. The van der Waals surface area contributed by atoms with Crippen LogP contribution >= 0.6 is 0 Å². The summed E-state index contributed by atoms with van der Waals surface area (Å²) in [4.78, 5) is 14.1. The van der Waals surface area contributed by atoms with Gasteiger partial charge in [0.05, 0.1) is 11.3 Å². The average Bonchev–Trinajstić information content (AvgIpc) is 3.20. The van der Waals surface area contributed by atoms with Crippen molar-refractivity contribution in [2.24, 2.45) is 11.3 Å². The van der Waals surface area contributed by atoms with Crippen LogP contribution in [0.25, 0.3) is 22.4 Å². The molecule has 1 N–H and O–H groups in total. The molecule has 4 aromatic rings. The third-order valence-electron chi connectivity index (χ3n) is 7.22. The molecule has 0 fully saturated rings. The molecule has 0 unspecified atom stereocenters. The Bertz CT molecular complexity index is 1350. The number of nitrogens with one attached hydrogen (secondary N) is 1. The molecule has 0 bridgehead atoms. The number of hydrogen-bond acceptors (Lipinski definition) is 1. The molecule has 0 spiro atoms. The van der Waals surface area contributed by atoms with Crippen molar-refractivity contribution in [1.29, 1.82) is 0 Å². The van der Waals surface area contributed by atoms with Gasteiger partial charge in [-0.3, -0.25) is 4.79 Å². The minimum absolute atomic E-state index is 0.0674. The second-order valence-corrected chi connectivity index (χ2v) is 11.2. The molecule has 4 heteroatoms. The van der Waals surface area contributed by atoms with E-state index in [0.29, 0.717) is 11.5 Å². The molecule has 0 radical (unpaired) electrons. The van der Waals surface area contributed by atoms with Crippen molar-refractivity contribution in [3.63, 3.8) is 0 Å². The van der Waals surface area contributed by atoms with Gasteiger partial charge in [-0.15, -0.1) is 0 Å². The summed E-state index contributed by atoms with van der Waals surface area (Å²) in [6.07, 6.45) is 0. The topological polar surface area (TPSA) is 34.0 Å². The molecule has 0 saturated carbocycles. The van der Waals surface area contributed by atoms with Crippen molar-refractivity contribution in [3.8, 4) is 22.4 Å². The first-order valence-corrected chi connectivity index (χ1v) is 13.0. The summed E-state index contributed by atoms with van der Waals surface area (Å²) < 4.78 is 16.3. The number of aromatic nitrogens is 1. The maximum Gasteiger partial charge on any atom is 0.258 e. The highest BCUT2D eigenvalue weighted by atomic mass is 19.1. The maximum atomic E-state index is 14.1. The number of nitrogens with zero attached hydrogens (tertiary/aromatic N) is 1. The van der Waals surface area contributed by atoms with Gasteiger partial charge in [0.15, 0.2) is 0 Å². The predicted octanol–water partition coefficient (Wildman–Crippen LogP) is 9.02. The van der Waals surface area contributed by atoms with E-state index in [1.165, 1.54) is 12.1 Å². The number of carbonyl (C=O) groups excluding carboxylic acids is 1. The van der Waals surface area contributed by atoms with E-state index in [-0.39, 0.29) is 23.1 Å². The Morgan fingerprint density at radius 2 is 1.41 bits per heavy atom. The first-order chi connectivity index (χ1) is 17.6. The van der Waals surface area contributed by atoms with E-state index >= 15 is 0 Å². The van der Waals surface area contributed by atoms with Crippen molar-refractivity contribution in [2.45, 2.75) is 54.0 Å². The van der Waals surface area contributed by atoms with Crippen LogP contribution in [-0.2, 0) is 6.54 Å². The summed E-state index contributed by atoms with van der Waals surface area (Å²) in [6.45, 7) is 14.0. The minimum Gasteiger partial charge on any atom is -0.343 e. The van der Waals surface area contributed by atoms with Gasteiger partial charge in [0, 0.05) is 23.5 Å². The molecule has 1 amide bonds. The summed E-state index contributed by atoms with van der Waals surface area (Å²) in [5, 5.41) is 3.14. The third kappa shape index (κ3) is 5.69. The highest BCUT2D eigenvalue weighted by Gasteiger charge is 2.32. The van der Waals surface area contributed by atoms with Crippen LogP contribution in [0, 0.1) is 17.2 Å². The van der Waals surface area contributed by atoms with E-state index in [1.807, 2.05) is 72.8 Å². The first-order valence-electron chi connectivity index (χ1n) is 13.0. The fourth-order valence-electron chi connectivity index (χ4n) is 4.71. The van der Waals surface area contributed by atoms with Crippen LogP contribution in [0.1, 0.15) is 63.5 Å². The number of carbonyl (C=O) groups is 1. The third-order valence-corrected chi connectivity index (χ3v) is 7.22. The molecule has 37 heavy (non-hydrogen) atoms. The second-order valence-electron chi connectivity index (χ2n) is 11.2. The number of para-hydroxylation sites is 1. The van der Waals surface area contributed by atoms with E-state index in [0.717, 1.165) is 40.3 Å². The quantitative estimate of drug-likeness (QED) is 0.272. The maximum absolute atomic E-state index is 14.1. The number of hydrogen-bond donors (Lipinski definition) is 1. The van der Waals surface area contributed by atoms with Gasteiger partial charge in [0.2, 0.25) is 0 Å². The summed E-state index contributed by atoms with van der Waals surface area (Å²) in [6, 6.07) is 26.2. The molecule has 0 aliphatic rings. The van der Waals surface area contributed by atoms with Crippen LogP contribution in [0.5, 0.6) is 0 Å². The Balaban J connectivity index is 2.06. The molecular formula is C33H37FN2O. The fraction of sp³-hybridized carbons (Fsp3) is 0.303. The van der Waals surface area contributed by atoms with Crippen LogP contribution in [0.15, 0.2) is 84.9 Å². The Hall–Kier alpha value is -3.66. The lowest BCUT2D eigenvalue weighted by Gasteiger charge is -2.30. The fourth-order valence-corrected chi connectivity index (χ4v) is 4.71. The predicted molar refractivity (Wildman–Crippen MR) is 152 cm³/mol. The Morgan fingerprint density at radius 3 is 1.95 bits per heavy atom. The highest BCUT2D eigenvalue weighted by Crippen LogP contribution is 2.43. The molecule has 1 heterocycles. The van der Waals surface area contributed by atoms with E-state index in [4.69, 9.17) is 0 Å². The summed E-state index contributed by atoms with van der Waals surface area (Å²) in [5.74, 6) is -0.0119. The molecule has 0 aliphatic carbocycles. The molecule has 0 saturated heterocycles. The minimum atomic E-state index is -0.280. The summed E-state index contributed by atoms with van der Waals surface area (Å²) in [7, 11) is 0. The van der Waals surface area contributed by atoms with Gasteiger partial charge in [0.25, 0.3) is 5.91 Å². The van der Waals surface area contributed by atoms with Crippen LogP contribution in [0.4, 0.5) is 10.1 Å². The van der Waals surface area contributed by atoms with Crippen LogP contribution in [-0.4, -0.2) is 10.5 Å². The zero-order valence-electron chi connectivity index (χ0n) is 22.7. The zero-order valence-corrected chi connectivity index (χ0v) is 22.7. The molecule has 4 rings (SSSR count). The smallest absolute Gasteiger partial charge is 0.258 e. The van der Waals surface area contributed by atoms with E-state index in [9.17, 15) is 9.18 Å². The van der Waals surface area contributed by atoms with Crippen LogP contribution < -0.4 is 5.32 Å². The monoisotopic (exact) mass is 496 g/mol. The highest BCUT2D eigenvalue weighted by molar-refractivity contribution is 6.12. The normalized spacial score (nSPS) is 12.5. The molecule has 3 aromatic carbocycles. The number of halogens is 1. The molecular weight excluding hydrogens is 459 g/mol. The number of anilines is 1. The van der Waals surface area contributed by atoms with Gasteiger partial charge in [-0.05, 0) is 64.8 Å². The molecule has 192 valence electrons. The number of amides is 1. The van der Waals surface area contributed by atoms with Gasteiger partial charge in [-0.2, -0.15) is 0 Å². The lowest BCUT2D eigenvalue weighted by atomic mass is 9.82. The zero-order chi connectivity index (χ0) is 26.7. The number of rotatable bonds is 7. The lowest BCUT2D eigenvalue weighted by molar-refractivity contribution is 0.102. The van der Waals surface area contributed by atoms with Gasteiger partial charge in [-0.25, -0.2) is 4.39 Å².